The van der Waals surface area contributed by atoms with Gasteiger partial charge in [-0.25, -0.2) is 9.78 Å². The van der Waals surface area contributed by atoms with Gasteiger partial charge in [-0.15, -0.1) is 0 Å². The van der Waals surface area contributed by atoms with Crippen molar-refractivity contribution < 1.29 is 37.3 Å². The standard InChI is InChI=1S/C45H61F3N8O6/c1-53-39-25-29(6-13-37(39)56(44(53)60)38-14-15-40(58)51-42(38)59)3-2-22-61-23-24-62-34-16-20-54(21-17-34)27-30-4-7-31(8-5-30)36-28-55(32-9-11-33(57)12-10-32)41-35(36)26-50-43(52-41)49-19-18-45(46,47)48/h6,13,25-26,28,30-34,38,57H,2-5,7-12,14-24,27H2,1H3,(H,49,50,52)(H,51,58,59)/t30-,31+,32-,33-,38-/m0/s1. The van der Waals surface area contributed by atoms with Gasteiger partial charge in [0.15, 0.2) is 0 Å². The lowest BCUT2D eigenvalue weighted by atomic mass is 9.78. The van der Waals surface area contributed by atoms with Crippen LogP contribution >= 0.6 is 0 Å². The molecule has 62 heavy (non-hydrogen) atoms. The number of alkyl halides is 3. The molecule has 2 aliphatic heterocycles. The Morgan fingerprint density at radius 1 is 0.935 bits per heavy atom. The number of piperidine rings is 2. The third-order valence-corrected chi connectivity index (χ3v) is 13.7. The molecular weight excluding hydrogens is 806 g/mol. The summed E-state index contributed by atoms with van der Waals surface area (Å²) >= 11 is 0. The average Bonchev–Trinajstić information content (AvgIpc) is 3.74. The summed E-state index contributed by atoms with van der Waals surface area (Å²) in [5, 5.41) is 16.3. The number of benzene rings is 1. The summed E-state index contributed by atoms with van der Waals surface area (Å²) in [6, 6.07) is 5.37. The van der Waals surface area contributed by atoms with E-state index in [9.17, 15) is 32.7 Å². The summed E-state index contributed by atoms with van der Waals surface area (Å²) in [6.07, 6.45) is 10.5. The van der Waals surface area contributed by atoms with Gasteiger partial charge in [-0.05, 0) is 119 Å². The first-order chi connectivity index (χ1) is 29.9. The van der Waals surface area contributed by atoms with Crippen LogP contribution in [-0.4, -0.2) is 110 Å². The molecule has 0 unspecified atom stereocenters. The number of imidazole rings is 1. The summed E-state index contributed by atoms with van der Waals surface area (Å²) in [5.74, 6) is 0.489. The number of aromatic nitrogens is 5. The van der Waals surface area contributed by atoms with E-state index in [1.807, 2.05) is 18.2 Å². The molecule has 4 aliphatic rings. The second kappa shape index (κ2) is 19.6. The molecular formula is C45H61F3N8O6. The van der Waals surface area contributed by atoms with Gasteiger partial charge in [0.25, 0.3) is 0 Å². The topological polar surface area (TPSA) is 158 Å². The van der Waals surface area contributed by atoms with Crippen LogP contribution in [0.15, 0.2) is 35.4 Å². The number of imide groups is 1. The minimum absolute atomic E-state index is 0.193. The number of hydrogen-bond acceptors (Lipinski definition) is 10. The number of ether oxygens (including phenoxy) is 2. The van der Waals surface area contributed by atoms with Crippen LogP contribution in [0.2, 0.25) is 0 Å². The third-order valence-electron chi connectivity index (χ3n) is 13.7. The Bertz CT molecular complexity index is 2230. The molecule has 1 atom stereocenters. The van der Waals surface area contributed by atoms with Crippen LogP contribution in [-0.2, 0) is 32.5 Å². The Kier molecular flexibility index (Phi) is 14.0. The monoisotopic (exact) mass is 866 g/mol. The summed E-state index contributed by atoms with van der Waals surface area (Å²) in [4.78, 5) is 48.9. The predicted octanol–water partition coefficient (Wildman–Crippen LogP) is 6.31. The number of carbonyl (C=O) groups is 2. The Hall–Kier alpha value is -4.32. The number of rotatable bonds is 16. The maximum absolute atomic E-state index is 13.1. The molecule has 2 saturated heterocycles. The van der Waals surface area contributed by atoms with Gasteiger partial charge in [-0.3, -0.25) is 24.0 Å². The van der Waals surface area contributed by atoms with E-state index in [-0.39, 0.29) is 48.8 Å². The number of aryl methyl sites for hydroxylation is 2. The molecule has 4 aromatic rings. The van der Waals surface area contributed by atoms with Gasteiger partial charge in [0.2, 0.25) is 17.8 Å². The average molecular weight is 867 g/mol. The number of halogens is 3. The smallest absolute Gasteiger partial charge is 0.390 e. The van der Waals surface area contributed by atoms with E-state index in [4.69, 9.17) is 14.5 Å². The van der Waals surface area contributed by atoms with E-state index >= 15 is 0 Å². The molecule has 8 rings (SSSR count). The van der Waals surface area contributed by atoms with Crippen molar-refractivity contribution in [1.82, 2.24) is 33.9 Å². The van der Waals surface area contributed by atoms with Crippen molar-refractivity contribution in [3.8, 4) is 0 Å². The van der Waals surface area contributed by atoms with Crippen LogP contribution in [0.5, 0.6) is 0 Å². The number of anilines is 1. The molecule has 3 N–H and O–H groups in total. The SMILES string of the molecule is Cn1c(=O)n([C@H]2CCC(=O)NC2=O)c2ccc(CCCOCCOC3CCN(C[C@H]4CC[C@@H](c5cn([C@H]6CC[C@H](O)CC6)c6nc(NCCC(F)(F)F)ncc65)CC4)CC3)cc21. The first-order valence-electron chi connectivity index (χ1n) is 22.7. The molecule has 3 aromatic heterocycles. The van der Waals surface area contributed by atoms with Crippen molar-refractivity contribution >= 4 is 39.8 Å². The molecule has 2 amide bonds. The van der Waals surface area contributed by atoms with Gasteiger partial charge < -0.3 is 29.4 Å². The lowest BCUT2D eigenvalue weighted by molar-refractivity contribution is -0.136. The normalized spacial score (nSPS) is 24.6. The zero-order valence-corrected chi connectivity index (χ0v) is 35.7. The first-order valence-corrected chi connectivity index (χ1v) is 22.7. The van der Waals surface area contributed by atoms with Crippen LogP contribution in [0.3, 0.4) is 0 Å². The van der Waals surface area contributed by atoms with Crippen LogP contribution in [0.25, 0.3) is 22.1 Å². The van der Waals surface area contributed by atoms with Crippen molar-refractivity contribution in [2.45, 2.75) is 133 Å². The Morgan fingerprint density at radius 2 is 1.71 bits per heavy atom. The van der Waals surface area contributed by atoms with Gasteiger partial charge >= 0.3 is 11.9 Å². The molecule has 1 aromatic carbocycles. The van der Waals surface area contributed by atoms with E-state index in [1.54, 1.807) is 17.8 Å². The highest BCUT2D eigenvalue weighted by Gasteiger charge is 2.33. The van der Waals surface area contributed by atoms with Crippen molar-refractivity contribution in [1.29, 1.82) is 0 Å². The van der Waals surface area contributed by atoms with Crippen LogP contribution in [0.4, 0.5) is 19.1 Å². The number of aliphatic hydroxyl groups is 1. The number of hydrogen-bond donors (Lipinski definition) is 3. The van der Waals surface area contributed by atoms with E-state index < -0.39 is 24.5 Å². The largest absolute Gasteiger partial charge is 0.393 e. The summed E-state index contributed by atoms with van der Waals surface area (Å²) in [6.45, 7) is 4.59. The van der Waals surface area contributed by atoms with Crippen molar-refractivity contribution in [3.63, 3.8) is 0 Å². The van der Waals surface area contributed by atoms with Gasteiger partial charge in [0.1, 0.15) is 11.7 Å². The van der Waals surface area contributed by atoms with Crippen molar-refractivity contribution in [2.24, 2.45) is 13.0 Å². The molecule has 2 saturated carbocycles. The van der Waals surface area contributed by atoms with Crippen molar-refractivity contribution in [2.75, 3.05) is 51.3 Å². The molecule has 0 radical (unpaired) electrons. The van der Waals surface area contributed by atoms with Crippen LogP contribution in [0.1, 0.15) is 119 Å². The zero-order chi connectivity index (χ0) is 43.4. The zero-order valence-electron chi connectivity index (χ0n) is 35.7. The Balaban J connectivity index is 0.737. The molecule has 0 spiro atoms. The summed E-state index contributed by atoms with van der Waals surface area (Å²) in [7, 11) is 1.71. The number of amides is 2. The third kappa shape index (κ3) is 10.5. The molecule has 4 fully saturated rings. The van der Waals surface area contributed by atoms with Crippen LogP contribution in [0, 0.1) is 5.92 Å². The van der Waals surface area contributed by atoms with Gasteiger partial charge in [-0.2, -0.15) is 18.2 Å². The number of nitrogens with one attached hydrogen (secondary N) is 2. The quantitative estimate of drug-likeness (QED) is 0.0862. The number of aliphatic hydroxyl groups excluding tert-OH is 1. The Labute approximate surface area is 359 Å². The van der Waals surface area contributed by atoms with Crippen LogP contribution < -0.4 is 16.3 Å². The highest BCUT2D eigenvalue weighted by Crippen LogP contribution is 2.42. The maximum atomic E-state index is 13.1. The lowest BCUT2D eigenvalue weighted by Gasteiger charge is -2.36. The number of carbonyl (C=O) groups excluding carboxylic acids is 2. The lowest BCUT2D eigenvalue weighted by Crippen LogP contribution is -2.44. The molecule has 338 valence electrons. The minimum Gasteiger partial charge on any atom is -0.393 e. The van der Waals surface area contributed by atoms with Gasteiger partial charge in [0.05, 0.1) is 42.9 Å². The number of fused-ring (bicyclic) bond motifs is 2. The summed E-state index contributed by atoms with van der Waals surface area (Å²) in [5.41, 5.74) is 4.27. The Morgan fingerprint density at radius 3 is 2.45 bits per heavy atom. The predicted molar refractivity (Wildman–Crippen MR) is 228 cm³/mol. The second-order valence-electron chi connectivity index (χ2n) is 18.0. The maximum Gasteiger partial charge on any atom is 0.390 e. The number of likely N-dealkylation sites (tertiary alicyclic amines) is 1. The fraction of sp³-hybridized carbons (Fsp3) is 0.667. The van der Waals surface area contributed by atoms with E-state index in [1.165, 1.54) is 10.1 Å². The van der Waals surface area contributed by atoms with E-state index in [2.05, 4.69) is 31.3 Å². The van der Waals surface area contributed by atoms with E-state index in [0.717, 1.165) is 119 Å². The highest BCUT2D eigenvalue weighted by atomic mass is 19.4. The summed E-state index contributed by atoms with van der Waals surface area (Å²) < 4.78 is 55.8. The fourth-order valence-corrected chi connectivity index (χ4v) is 10.2. The molecule has 17 heteroatoms. The highest BCUT2D eigenvalue weighted by molar-refractivity contribution is 6.00. The molecule has 14 nitrogen and oxygen atoms in total. The number of nitrogens with zero attached hydrogens (tertiary/aromatic N) is 6. The van der Waals surface area contributed by atoms with Gasteiger partial charge in [-0.1, -0.05) is 6.07 Å². The van der Waals surface area contributed by atoms with Gasteiger partial charge in [0, 0.05) is 70.1 Å². The second-order valence-corrected chi connectivity index (χ2v) is 18.0. The minimum atomic E-state index is -4.25. The van der Waals surface area contributed by atoms with E-state index in [0.29, 0.717) is 43.6 Å². The molecule has 0 bridgehead atoms. The molecule has 5 heterocycles. The first kappa shape index (κ1) is 44.3. The fourth-order valence-electron chi connectivity index (χ4n) is 10.2. The van der Waals surface area contributed by atoms with Crippen molar-refractivity contribution in [3.05, 3.63) is 52.2 Å². The molecule has 2 aliphatic carbocycles.